The Hall–Kier alpha value is -2.15. The lowest BCUT2D eigenvalue weighted by Gasteiger charge is -2.24. The van der Waals surface area contributed by atoms with Crippen molar-refractivity contribution in [3.63, 3.8) is 0 Å². The molecule has 25 heavy (non-hydrogen) atoms. The molecule has 2 aromatic heterocycles. The molecule has 0 bridgehead atoms. The van der Waals surface area contributed by atoms with Crippen LogP contribution in [0.3, 0.4) is 0 Å². The number of amides is 1. The van der Waals surface area contributed by atoms with E-state index in [9.17, 15) is 4.79 Å². The normalized spacial score (nSPS) is 17.5. The number of aromatic nitrogens is 3. The second kappa shape index (κ2) is 7.39. The Kier molecular flexibility index (Phi) is 5.22. The molecule has 0 N–H and O–H groups in total. The zero-order chi connectivity index (χ0) is 18.0. The molecule has 7 nitrogen and oxygen atoms in total. The molecule has 136 valence electrons. The van der Waals surface area contributed by atoms with E-state index >= 15 is 0 Å². The fourth-order valence-electron chi connectivity index (χ4n) is 3.60. The number of hydrogen-bond acceptors (Lipinski definition) is 5. The van der Waals surface area contributed by atoms with Crippen LogP contribution in [0.1, 0.15) is 42.1 Å². The van der Waals surface area contributed by atoms with Crippen LogP contribution in [-0.4, -0.2) is 56.6 Å². The quantitative estimate of drug-likeness (QED) is 0.846. The molecule has 0 aromatic carbocycles. The second-order valence-corrected chi connectivity index (χ2v) is 6.87. The van der Waals surface area contributed by atoms with E-state index in [1.807, 2.05) is 49.7 Å². The number of carbonyl (C=O) groups excluding carboxylic acids is 1. The summed E-state index contributed by atoms with van der Waals surface area (Å²) in [5.74, 6) is 1.74. The fourth-order valence-corrected chi connectivity index (χ4v) is 3.60. The van der Waals surface area contributed by atoms with Crippen molar-refractivity contribution in [3.8, 4) is 0 Å². The Bertz CT molecular complexity index is 716. The minimum Gasteiger partial charge on any atom is -0.361 e. The molecule has 3 heterocycles. The van der Waals surface area contributed by atoms with Crippen LogP contribution >= 0.6 is 0 Å². The second-order valence-electron chi connectivity index (χ2n) is 6.87. The van der Waals surface area contributed by atoms with Crippen molar-refractivity contribution in [3.05, 3.63) is 35.2 Å². The molecule has 7 heteroatoms. The largest absolute Gasteiger partial charge is 0.361 e. The smallest absolute Gasteiger partial charge is 0.230 e. The summed E-state index contributed by atoms with van der Waals surface area (Å²) < 4.78 is 7.28. The van der Waals surface area contributed by atoms with Gasteiger partial charge in [0.25, 0.3) is 0 Å². The van der Waals surface area contributed by atoms with Gasteiger partial charge in [0.2, 0.25) is 5.91 Å². The summed E-state index contributed by atoms with van der Waals surface area (Å²) in [5, 5.41) is 3.98. The highest BCUT2D eigenvalue weighted by Gasteiger charge is 2.28. The number of rotatable bonds is 4. The van der Waals surface area contributed by atoms with Crippen molar-refractivity contribution in [1.29, 1.82) is 0 Å². The number of carbonyl (C=O) groups is 1. The molecule has 2 aromatic rings. The number of imidazole rings is 1. The van der Waals surface area contributed by atoms with Crippen LogP contribution in [0.15, 0.2) is 16.9 Å². The van der Waals surface area contributed by atoms with Gasteiger partial charge in [-0.15, -0.1) is 0 Å². The van der Waals surface area contributed by atoms with Crippen LogP contribution in [0.25, 0.3) is 0 Å². The zero-order valence-electron chi connectivity index (χ0n) is 15.5. The van der Waals surface area contributed by atoms with Crippen LogP contribution in [0, 0.1) is 13.8 Å². The van der Waals surface area contributed by atoms with Crippen LogP contribution in [0.2, 0.25) is 0 Å². The first kappa shape index (κ1) is 17.7. The lowest BCUT2D eigenvalue weighted by atomic mass is 9.98. The standard InChI is InChI=1S/C18H27N5O2/c1-13(17-14(2)20-25-15(17)3)18(24)23-8-5-7-22(10-11-23)12-16-19-6-9-21(16)4/h6,9,13H,5,7-8,10-12H2,1-4H3. The van der Waals surface area contributed by atoms with Crippen molar-refractivity contribution in [2.45, 2.75) is 39.7 Å². The van der Waals surface area contributed by atoms with Gasteiger partial charge in [0.1, 0.15) is 11.6 Å². The Balaban J connectivity index is 1.62. The molecule has 1 atom stereocenters. The van der Waals surface area contributed by atoms with Crippen molar-refractivity contribution in [2.75, 3.05) is 26.2 Å². The van der Waals surface area contributed by atoms with Gasteiger partial charge >= 0.3 is 0 Å². The van der Waals surface area contributed by atoms with Crippen LogP contribution in [0.5, 0.6) is 0 Å². The van der Waals surface area contributed by atoms with Crippen molar-refractivity contribution < 1.29 is 9.32 Å². The van der Waals surface area contributed by atoms with Crippen LogP contribution in [0.4, 0.5) is 0 Å². The van der Waals surface area contributed by atoms with Crippen molar-refractivity contribution >= 4 is 5.91 Å². The maximum absolute atomic E-state index is 13.0. The van der Waals surface area contributed by atoms with E-state index in [2.05, 4.69) is 15.0 Å². The van der Waals surface area contributed by atoms with Crippen LogP contribution in [-0.2, 0) is 18.4 Å². The highest BCUT2D eigenvalue weighted by Crippen LogP contribution is 2.25. The molecule has 0 spiro atoms. The van der Waals surface area contributed by atoms with E-state index in [1.165, 1.54) is 0 Å². The molecule has 1 aliphatic rings. The highest BCUT2D eigenvalue weighted by molar-refractivity contribution is 5.83. The van der Waals surface area contributed by atoms with Crippen molar-refractivity contribution in [2.24, 2.45) is 7.05 Å². The third-order valence-electron chi connectivity index (χ3n) is 5.08. The van der Waals surface area contributed by atoms with Gasteiger partial charge in [-0.25, -0.2) is 4.98 Å². The minimum absolute atomic E-state index is 0.160. The highest BCUT2D eigenvalue weighted by atomic mass is 16.5. The van der Waals surface area contributed by atoms with Gasteiger partial charge in [0, 0.05) is 51.2 Å². The fraction of sp³-hybridized carbons (Fsp3) is 0.611. The average Bonchev–Trinajstić information content (AvgIpc) is 3.04. The van der Waals surface area contributed by atoms with Crippen molar-refractivity contribution in [1.82, 2.24) is 24.5 Å². The summed E-state index contributed by atoms with van der Waals surface area (Å²) >= 11 is 0. The molecule has 1 fully saturated rings. The summed E-state index contributed by atoms with van der Waals surface area (Å²) in [6.45, 7) is 9.93. The first-order chi connectivity index (χ1) is 12.0. The Labute approximate surface area is 148 Å². The molecular formula is C18H27N5O2. The predicted molar refractivity (Wildman–Crippen MR) is 94.1 cm³/mol. The van der Waals surface area contributed by atoms with Gasteiger partial charge < -0.3 is 14.0 Å². The van der Waals surface area contributed by atoms with Crippen LogP contribution < -0.4 is 0 Å². The third kappa shape index (κ3) is 3.76. The van der Waals surface area contributed by atoms with Gasteiger partial charge in [0.15, 0.2) is 0 Å². The molecule has 0 aliphatic carbocycles. The lowest BCUT2D eigenvalue weighted by Crippen LogP contribution is -2.37. The summed E-state index contributed by atoms with van der Waals surface area (Å²) in [7, 11) is 2.02. The Morgan fingerprint density at radius 3 is 2.72 bits per heavy atom. The van der Waals surface area contributed by atoms with Gasteiger partial charge in [0.05, 0.1) is 18.2 Å². The van der Waals surface area contributed by atoms with E-state index in [4.69, 9.17) is 4.52 Å². The first-order valence-corrected chi connectivity index (χ1v) is 8.87. The molecule has 1 unspecified atom stereocenters. The summed E-state index contributed by atoms with van der Waals surface area (Å²) in [6, 6.07) is 0. The Morgan fingerprint density at radius 1 is 1.28 bits per heavy atom. The SMILES string of the molecule is Cc1noc(C)c1C(C)C(=O)N1CCCN(Cc2nccn2C)CC1. The van der Waals surface area contributed by atoms with E-state index in [0.717, 1.165) is 62.0 Å². The molecule has 1 aliphatic heterocycles. The predicted octanol–water partition coefficient (Wildman–Crippen LogP) is 1.86. The van der Waals surface area contributed by atoms with Gasteiger partial charge in [-0.05, 0) is 27.2 Å². The van der Waals surface area contributed by atoms with E-state index in [0.29, 0.717) is 0 Å². The topological polar surface area (TPSA) is 67.4 Å². The maximum atomic E-state index is 13.0. The van der Waals surface area contributed by atoms with E-state index < -0.39 is 0 Å². The maximum Gasteiger partial charge on any atom is 0.230 e. The molecule has 1 amide bonds. The molecule has 1 saturated heterocycles. The lowest BCUT2D eigenvalue weighted by molar-refractivity contribution is -0.132. The molecule has 0 saturated carbocycles. The minimum atomic E-state index is -0.215. The number of hydrogen-bond donors (Lipinski definition) is 0. The molecule has 0 radical (unpaired) electrons. The van der Waals surface area contributed by atoms with Gasteiger partial charge in [-0.2, -0.15) is 0 Å². The van der Waals surface area contributed by atoms with Gasteiger partial charge in [-0.1, -0.05) is 5.16 Å². The zero-order valence-corrected chi connectivity index (χ0v) is 15.5. The monoisotopic (exact) mass is 345 g/mol. The third-order valence-corrected chi connectivity index (χ3v) is 5.08. The van der Waals surface area contributed by atoms with E-state index in [-0.39, 0.29) is 11.8 Å². The summed E-state index contributed by atoms with van der Waals surface area (Å²) in [4.78, 5) is 21.7. The first-order valence-electron chi connectivity index (χ1n) is 8.87. The number of nitrogens with zero attached hydrogens (tertiary/aromatic N) is 5. The van der Waals surface area contributed by atoms with E-state index in [1.54, 1.807) is 0 Å². The average molecular weight is 345 g/mol. The van der Waals surface area contributed by atoms with Gasteiger partial charge in [-0.3, -0.25) is 9.69 Å². The molecule has 3 rings (SSSR count). The Morgan fingerprint density at radius 2 is 2.08 bits per heavy atom. The summed E-state index contributed by atoms with van der Waals surface area (Å²) in [5.41, 5.74) is 1.74. The number of aryl methyl sites for hydroxylation is 3. The summed E-state index contributed by atoms with van der Waals surface area (Å²) in [6.07, 6.45) is 4.77. The molecular weight excluding hydrogens is 318 g/mol.